The minimum Gasteiger partial charge on any atom is -0.496 e. The number of hydrogen-bond donors (Lipinski definition) is 1. The average Bonchev–Trinajstić information content (AvgIpc) is 2.38. The Morgan fingerprint density at radius 1 is 1.25 bits per heavy atom. The predicted molar refractivity (Wildman–Crippen MR) is 71.5 cm³/mol. The van der Waals surface area contributed by atoms with Crippen LogP contribution in [0.5, 0.6) is 11.5 Å². The van der Waals surface area contributed by atoms with E-state index in [1.807, 2.05) is 0 Å². The predicted octanol–water partition coefficient (Wildman–Crippen LogP) is 3.83. The van der Waals surface area contributed by atoms with E-state index in [-0.39, 0.29) is 24.2 Å². The standard InChI is InChI=1S/C13H16F3NO2.ClH/c1-18-12-6-5-9(19-13(14,15)16)8-10(12)11-4-2-3-7-17-11;/h5-6,8,11,17H,2-4,7H2,1H3;1H/t11-;/m0./s1. The van der Waals surface area contributed by atoms with Gasteiger partial charge < -0.3 is 14.8 Å². The molecule has 20 heavy (non-hydrogen) atoms. The maximum Gasteiger partial charge on any atom is 0.573 e. The molecule has 1 aliphatic heterocycles. The Labute approximate surface area is 121 Å². The molecular formula is C13H17ClF3NO2. The van der Waals surface area contributed by atoms with Gasteiger partial charge in [-0.1, -0.05) is 6.42 Å². The summed E-state index contributed by atoms with van der Waals surface area (Å²) in [5.74, 6) is 0.365. The third kappa shape index (κ3) is 4.45. The van der Waals surface area contributed by atoms with Crippen LogP contribution in [0, 0.1) is 0 Å². The van der Waals surface area contributed by atoms with Crippen molar-refractivity contribution in [2.75, 3.05) is 13.7 Å². The zero-order valence-corrected chi connectivity index (χ0v) is 11.8. The molecule has 0 bridgehead atoms. The lowest BCUT2D eigenvalue weighted by atomic mass is 9.96. The van der Waals surface area contributed by atoms with Gasteiger partial charge in [-0.3, -0.25) is 0 Å². The topological polar surface area (TPSA) is 30.5 Å². The molecule has 0 saturated carbocycles. The molecule has 114 valence electrons. The Bertz CT molecular complexity index is 434. The van der Waals surface area contributed by atoms with Crippen molar-refractivity contribution in [3.8, 4) is 11.5 Å². The smallest absolute Gasteiger partial charge is 0.496 e. The summed E-state index contributed by atoms with van der Waals surface area (Å²) in [6.07, 6.45) is -1.67. The zero-order chi connectivity index (χ0) is 13.9. The molecule has 0 aromatic heterocycles. The van der Waals surface area contributed by atoms with Gasteiger partial charge >= 0.3 is 6.36 Å². The first-order chi connectivity index (χ1) is 8.99. The fourth-order valence-electron chi connectivity index (χ4n) is 2.30. The molecule has 1 atom stereocenters. The first kappa shape index (κ1) is 16.9. The Morgan fingerprint density at radius 3 is 2.55 bits per heavy atom. The fraction of sp³-hybridized carbons (Fsp3) is 0.538. The third-order valence-corrected chi connectivity index (χ3v) is 3.12. The highest BCUT2D eigenvalue weighted by molar-refractivity contribution is 5.85. The number of benzene rings is 1. The van der Waals surface area contributed by atoms with E-state index in [0.717, 1.165) is 25.8 Å². The van der Waals surface area contributed by atoms with Crippen LogP contribution in [0.25, 0.3) is 0 Å². The van der Waals surface area contributed by atoms with Gasteiger partial charge in [0.25, 0.3) is 0 Å². The van der Waals surface area contributed by atoms with Crippen molar-refractivity contribution in [1.29, 1.82) is 0 Å². The summed E-state index contributed by atoms with van der Waals surface area (Å²) in [6, 6.07) is 4.18. The number of ether oxygens (including phenoxy) is 2. The van der Waals surface area contributed by atoms with Gasteiger partial charge in [0, 0.05) is 11.6 Å². The van der Waals surface area contributed by atoms with Crippen LogP contribution in [-0.2, 0) is 0 Å². The van der Waals surface area contributed by atoms with Gasteiger partial charge in [-0.2, -0.15) is 0 Å². The first-order valence-electron chi connectivity index (χ1n) is 6.16. The van der Waals surface area contributed by atoms with Gasteiger partial charge in [0.15, 0.2) is 0 Å². The maximum atomic E-state index is 12.2. The Balaban J connectivity index is 0.00000200. The summed E-state index contributed by atoms with van der Waals surface area (Å²) in [5.41, 5.74) is 0.712. The molecule has 1 N–H and O–H groups in total. The highest BCUT2D eigenvalue weighted by Crippen LogP contribution is 2.34. The largest absolute Gasteiger partial charge is 0.573 e. The van der Waals surface area contributed by atoms with Crippen LogP contribution in [0.3, 0.4) is 0 Å². The Kier molecular flexibility index (Phi) is 5.95. The lowest BCUT2D eigenvalue weighted by molar-refractivity contribution is -0.274. The summed E-state index contributed by atoms with van der Waals surface area (Å²) >= 11 is 0. The Hall–Kier alpha value is -1.14. The highest BCUT2D eigenvalue weighted by Gasteiger charge is 2.31. The second kappa shape index (κ2) is 7.04. The molecule has 0 radical (unpaired) electrons. The number of nitrogens with one attached hydrogen (secondary N) is 1. The van der Waals surface area contributed by atoms with Crippen molar-refractivity contribution in [1.82, 2.24) is 5.32 Å². The van der Waals surface area contributed by atoms with Crippen LogP contribution in [-0.4, -0.2) is 20.0 Å². The molecule has 2 rings (SSSR count). The summed E-state index contributed by atoms with van der Waals surface area (Å²) in [4.78, 5) is 0. The van der Waals surface area contributed by atoms with Crippen molar-refractivity contribution in [2.24, 2.45) is 0 Å². The fourth-order valence-corrected chi connectivity index (χ4v) is 2.30. The lowest BCUT2D eigenvalue weighted by Crippen LogP contribution is -2.27. The monoisotopic (exact) mass is 311 g/mol. The van der Waals surface area contributed by atoms with Crippen molar-refractivity contribution < 1.29 is 22.6 Å². The second-order valence-corrected chi connectivity index (χ2v) is 4.45. The molecule has 3 nitrogen and oxygen atoms in total. The van der Waals surface area contributed by atoms with Crippen LogP contribution in [0.2, 0.25) is 0 Å². The van der Waals surface area contributed by atoms with Crippen molar-refractivity contribution in [3.05, 3.63) is 23.8 Å². The molecule has 7 heteroatoms. The molecule has 1 saturated heterocycles. The maximum absolute atomic E-state index is 12.2. The molecule has 1 heterocycles. The number of rotatable bonds is 3. The molecule has 1 aliphatic rings. The molecular weight excluding hydrogens is 295 g/mol. The van der Waals surface area contributed by atoms with Crippen LogP contribution >= 0.6 is 12.4 Å². The van der Waals surface area contributed by atoms with E-state index in [1.54, 1.807) is 0 Å². The second-order valence-electron chi connectivity index (χ2n) is 4.45. The van der Waals surface area contributed by atoms with Crippen LogP contribution < -0.4 is 14.8 Å². The number of methoxy groups -OCH3 is 1. The highest BCUT2D eigenvalue weighted by atomic mass is 35.5. The number of alkyl halides is 3. The molecule has 0 amide bonds. The van der Waals surface area contributed by atoms with Gasteiger partial charge in [-0.15, -0.1) is 25.6 Å². The summed E-state index contributed by atoms with van der Waals surface area (Å²) in [5, 5.41) is 3.28. The minimum absolute atomic E-state index is 0. The van der Waals surface area contributed by atoms with Gasteiger partial charge in [-0.05, 0) is 37.6 Å². The summed E-state index contributed by atoms with van der Waals surface area (Å²) in [6.45, 7) is 0.859. The Morgan fingerprint density at radius 2 is 2.00 bits per heavy atom. The van der Waals surface area contributed by atoms with E-state index in [9.17, 15) is 13.2 Å². The number of halogens is 4. The van der Waals surface area contributed by atoms with E-state index >= 15 is 0 Å². The van der Waals surface area contributed by atoms with E-state index in [4.69, 9.17) is 4.74 Å². The molecule has 0 unspecified atom stereocenters. The summed E-state index contributed by atoms with van der Waals surface area (Å²) in [7, 11) is 1.51. The van der Waals surface area contributed by atoms with Crippen LogP contribution in [0.1, 0.15) is 30.9 Å². The molecule has 1 aromatic rings. The quantitative estimate of drug-likeness (QED) is 0.920. The van der Waals surface area contributed by atoms with E-state index in [2.05, 4.69) is 10.1 Å². The van der Waals surface area contributed by atoms with E-state index in [1.165, 1.54) is 25.3 Å². The van der Waals surface area contributed by atoms with Crippen LogP contribution in [0.4, 0.5) is 13.2 Å². The van der Waals surface area contributed by atoms with Crippen molar-refractivity contribution in [3.63, 3.8) is 0 Å². The van der Waals surface area contributed by atoms with Gasteiger partial charge in [-0.25, -0.2) is 0 Å². The van der Waals surface area contributed by atoms with Crippen LogP contribution in [0.15, 0.2) is 18.2 Å². The van der Waals surface area contributed by atoms with Crippen molar-refractivity contribution >= 4 is 12.4 Å². The third-order valence-electron chi connectivity index (χ3n) is 3.12. The van der Waals surface area contributed by atoms with E-state index in [0.29, 0.717) is 11.3 Å². The number of piperidine rings is 1. The average molecular weight is 312 g/mol. The molecule has 1 fully saturated rings. The van der Waals surface area contributed by atoms with Gasteiger partial charge in [0.1, 0.15) is 11.5 Å². The molecule has 0 aliphatic carbocycles. The van der Waals surface area contributed by atoms with Gasteiger partial charge in [0.2, 0.25) is 0 Å². The van der Waals surface area contributed by atoms with Gasteiger partial charge in [0.05, 0.1) is 7.11 Å². The van der Waals surface area contributed by atoms with E-state index < -0.39 is 6.36 Å². The zero-order valence-electron chi connectivity index (χ0n) is 11.0. The minimum atomic E-state index is -4.67. The SMILES string of the molecule is COc1ccc(OC(F)(F)F)cc1[C@@H]1CCCCN1.Cl. The lowest BCUT2D eigenvalue weighted by Gasteiger charge is -2.25. The summed E-state index contributed by atoms with van der Waals surface area (Å²) < 4.78 is 45.8. The molecule has 0 spiro atoms. The number of hydrogen-bond acceptors (Lipinski definition) is 3. The van der Waals surface area contributed by atoms with Crippen molar-refractivity contribution in [2.45, 2.75) is 31.7 Å². The first-order valence-corrected chi connectivity index (χ1v) is 6.16. The normalized spacial score (nSPS) is 19.1. The molecule has 1 aromatic carbocycles.